The average Bonchev–Trinajstić information content (AvgIpc) is 3.17. The number of fused-ring (bicyclic) bond motifs is 3. The summed E-state index contributed by atoms with van der Waals surface area (Å²) in [6.07, 6.45) is 8.30. The molecule has 0 aliphatic heterocycles. The van der Waals surface area contributed by atoms with Gasteiger partial charge in [0.1, 0.15) is 11.6 Å². The second-order valence-corrected chi connectivity index (χ2v) is 7.43. The number of esters is 1. The summed E-state index contributed by atoms with van der Waals surface area (Å²) in [5.41, 5.74) is 0. The lowest BCUT2D eigenvalue weighted by molar-refractivity contribution is -0.154. The summed E-state index contributed by atoms with van der Waals surface area (Å²) in [6.45, 7) is 2.27. The zero-order chi connectivity index (χ0) is 18.1. The molecule has 6 nitrogen and oxygen atoms in total. The van der Waals surface area contributed by atoms with Gasteiger partial charge in [0.15, 0.2) is 0 Å². The van der Waals surface area contributed by atoms with Crippen molar-refractivity contribution in [2.45, 2.75) is 38.6 Å². The Morgan fingerprint density at radius 2 is 1.92 bits per heavy atom. The fourth-order valence-corrected chi connectivity index (χ4v) is 4.68. The lowest BCUT2D eigenvalue weighted by Gasteiger charge is -2.47. The second-order valence-electron chi connectivity index (χ2n) is 7.09. The van der Waals surface area contributed by atoms with Gasteiger partial charge in [-0.2, -0.15) is 4.98 Å². The van der Waals surface area contributed by atoms with Gasteiger partial charge in [-0.05, 0) is 68.2 Å². The Labute approximate surface area is 157 Å². The highest BCUT2D eigenvalue weighted by atomic mass is 35.5. The number of hydrogen-bond donors (Lipinski definition) is 1. The summed E-state index contributed by atoms with van der Waals surface area (Å²) in [5, 5.41) is 3.68. The summed E-state index contributed by atoms with van der Waals surface area (Å²) < 4.78 is 7.25. The zero-order valence-corrected chi connectivity index (χ0v) is 15.5. The first-order valence-electron chi connectivity index (χ1n) is 9.27. The molecular formula is C19H23ClN4O2. The van der Waals surface area contributed by atoms with Gasteiger partial charge >= 0.3 is 5.97 Å². The lowest BCUT2D eigenvalue weighted by Crippen LogP contribution is -2.52. The molecule has 5 rings (SSSR count). The van der Waals surface area contributed by atoms with Crippen molar-refractivity contribution in [3.63, 3.8) is 0 Å². The quantitative estimate of drug-likeness (QED) is 0.638. The predicted molar refractivity (Wildman–Crippen MR) is 99.4 cm³/mol. The van der Waals surface area contributed by atoms with Gasteiger partial charge in [-0.1, -0.05) is 0 Å². The van der Waals surface area contributed by atoms with Gasteiger partial charge in [-0.25, -0.2) is 4.98 Å². The van der Waals surface area contributed by atoms with Gasteiger partial charge in [0.05, 0.1) is 12.5 Å². The van der Waals surface area contributed by atoms with E-state index in [2.05, 4.69) is 15.3 Å². The van der Waals surface area contributed by atoms with E-state index in [9.17, 15) is 4.79 Å². The van der Waals surface area contributed by atoms with E-state index in [1.807, 2.05) is 42.1 Å². The first-order valence-corrected chi connectivity index (χ1v) is 9.64. The summed E-state index contributed by atoms with van der Waals surface area (Å²) in [7, 11) is 0. The molecule has 0 radical (unpaired) electrons. The molecule has 26 heavy (non-hydrogen) atoms. The Kier molecular flexibility index (Phi) is 4.85. The van der Waals surface area contributed by atoms with E-state index in [-0.39, 0.29) is 23.2 Å². The largest absolute Gasteiger partial charge is 0.466 e. The number of carbonyl (C=O) groups is 1. The number of anilines is 1. The maximum Gasteiger partial charge on any atom is 0.311 e. The van der Waals surface area contributed by atoms with Crippen LogP contribution in [0.25, 0.3) is 5.82 Å². The van der Waals surface area contributed by atoms with E-state index in [4.69, 9.17) is 16.3 Å². The standard InChI is InChI=1S/C19H23ClN4O2/c1-2-26-18(25)16-12-5-7-13(8-6-12)17(16)21-14-11-15(23-19(20)22-14)24-9-3-4-10-24/h3-4,9-13,16-17H,2,5-8H2,1H3,(H,21,22,23)/t12?,13?,16-,17-/m0/s1. The molecule has 3 fully saturated rings. The molecular weight excluding hydrogens is 352 g/mol. The van der Waals surface area contributed by atoms with Crippen molar-refractivity contribution >= 4 is 23.4 Å². The topological polar surface area (TPSA) is 69.0 Å². The van der Waals surface area contributed by atoms with E-state index < -0.39 is 0 Å². The van der Waals surface area contributed by atoms with E-state index in [0.717, 1.165) is 25.7 Å². The fourth-order valence-electron chi connectivity index (χ4n) is 4.50. The molecule has 0 aromatic carbocycles. The number of nitrogens with zero attached hydrogens (tertiary/aromatic N) is 3. The summed E-state index contributed by atoms with van der Waals surface area (Å²) in [4.78, 5) is 21.2. The Morgan fingerprint density at radius 1 is 1.23 bits per heavy atom. The third-order valence-corrected chi connectivity index (χ3v) is 5.82. The molecule has 138 valence electrons. The van der Waals surface area contributed by atoms with Gasteiger partial charge < -0.3 is 14.6 Å². The smallest absolute Gasteiger partial charge is 0.311 e. The highest BCUT2D eigenvalue weighted by Gasteiger charge is 2.48. The molecule has 3 aliphatic rings. The summed E-state index contributed by atoms with van der Waals surface area (Å²) in [6, 6.07) is 5.76. The number of halogens is 1. The van der Waals surface area contributed by atoms with Crippen molar-refractivity contribution in [1.29, 1.82) is 0 Å². The third kappa shape index (κ3) is 3.30. The molecule has 3 aliphatic carbocycles. The van der Waals surface area contributed by atoms with Crippen LogP contribution >= 0.6 is 11.6 Å². The lowest BCUT2D eigenvalue weighted by atomic mass is 9.61. The van der Waals surface area contributed by atoms with Gasteiger partial charge in [0.2, 0.25) is 5.28 Å². The number of aromatic nitrogens is 3. The van der Waals surface area contributed by atoms with Crippen LogP contribution in [0.1, 0.15) is 32.6 Å². The molecule has 2 aromatic rings. The average molecular weight is 375 g/mol. The Morgan fingerprint density at radius 3 is 2.62 bits per heavy atom. The van der Waals surface area contributed by atoms with Crippen molar-refractivity contribution in [1.82, 2.24) is 14.5 Å². The van der Waals surface area contributed by atoms with E-state index in [0.29, 0.717) is 30.1 Å². The van der Waals surface area contributed by atoms with Gasteiger partial charge in [0.25, 0.3) is 0 Å². The summed E-state index contributed by atoms with van der Waals surface area (Å²) in [5.74, 6) is 1.99. The molecule has 0 saturated heterocycles. The Balaban J connectivity index is 1.61. The van der Waals surface area contributed by atoms with Crippen molar-refractivity contribution < 1.29 is 9.53 Å². The van der Waals surface area contributed by atoms with Gasteiger partial charge in [0, 0.05) is 24.5 Å². The number of hydrogen-bond acceptors (Lipinski definition) is 5. The summed E-state index contributed by atoms with van der Waals surface area (Å²) >= 11 is 6.15. The van der Waals surface area contributed by atoms with Crippen molar-refractivity contribution in [3.05, 3.63) is 35.9 Å². The van der Waals surface area contributed by atoms with Crippen LogP contribution in [-0.2, 0) is 9.53 Å². The molecule has 2 atom stereocenters. The van der Waals surface area contributed by atoms with Crippen LogP contribution in [0, 0.1) is 17.8 Å². The van der Waals surface area contributed by atoms with Crippen LogP contribution in [0.15, 0.2) is 30.6 Å². The molecule has 7 heteroatoms. The molecule has 0 amide bonds. The van der Waals surface area contributed by atoms with E-state index in [1.54, 1.807) is 0 Å². The number of carbonyl (C=O) groups excluding carboxylic acids is 1. The maximum absolute atomic E-state index is 12.6. The first-order chi connectivity index (χ1) is 12.7. The SMILES string of the molecule is CCOC(=O)[C@H]1C2CCC(CC2)[C@@H]1Nc1cc(-n2cccc2)nc(Cl)n1. The van der Waals surface area contributed by atoms with Crippen LogP contribution in [-0.4, -0.2) is 33.2 Å². The Hall–Kier alpha value is -2.08. The fraction of sp³-hybridized carbons (Fsp3) is 0.526. The van der Waals surface area contributed by atoms with Crippen molar-refractivity contribution in [3.8, 4) is 5.82 Å². The second kappa shape index (κ2) is 7.27. The predicted octanol–water partition coefficient (Wildman–Crippen LogP) is 3.70. The molecule has 2 bridgehead atoms. The minimum absolute atomic E-state index is 0.0324. The normalized spacial score (nSPS) is 27.3. The van der Waals surface area contributed by atoms with Crippen LogP contribution in [0.4, 0.5) is 5.82 Å². The number of rotatable bonds is 5. The maximum atomic E-state index is 12.6. The number of ether oxygens (including phenoxy) is 1. The van der Waals surface area contributed by atoms with E-state index in [1.165, 1.54) is 0 Å². The van der Waals surface area contributed by atoms with Gasteiger partial charge in [-0.15, -0.1) is 0 Å². The molecule has 0 unspecified atom stereocenters. The van der Waals surface area contributed by atoms with Crippen LogP contribution in [0.5, 0.6) is 0 Å². The highest BCUT2D eigenvalue weighted by molar-refractivity contribution is 6.28. The van der Waals surface area contributed by atoms with Crippen LogP contribution in [0.3, 0.4) is 0 Å². The van der Waals surface area contributed by atoms with Crippen LogP contribution < -0.4 is 5.32 Å². The van der Waals surface area contributed by atoms with Gasteiger partial charge in [-0.3, -0.25) is 4.79 Å². The Bertz CT molecular complexity index is 772. The molecule has 1 N–H and O–H groups in total. The number of nitrogens with one attached hydrogen (secondary N) is 1. The molecule has 2 aromatic heterocycles. The first kappa shape index (κ1) is 17.3. The van der Waals surface area contributed by atoms with Crippen molar-refractivity contribution in [2.75, 3.05) is 11.9 Å². The molecule has 3 saturated carbocycles. The third-order valence-electron chi connectivity index (χ3n) is 5.65. The zero-order valence-electron chi connectivity index (χ0n) is 14.8. The minimum Gasteiger partial charge on any atom is -0.466 e. The highest BCUT2D eigenvalue weighted by Crippen LogP contribution is 2.46. The minimum atomic E-state index is -0.119. The van der Waals surface area contributed by atoms with Crippen LogP contribution in [0.2, 0.25) is 5.28 Å². The monoisotopic (exact) mass is 374 g/mol. The molecule has 0 spiro atoms. The van der Waals surface area contributed by atoms with E-state index >= 15 is 0 Å². The van der Waals surface area contributed by atoms with Crippen molar-refractivity contribution in [2.24, 2.45) is 17.8 Å². The molecule has 2 heterocycles.